The maximum Gasteiger partial charge on any atom is 0.126 e. The molecule has 3 rings (SSSR count). The highest BCUT2D eigenvalue weighted by molar-refractivity contribution is 5.59. The number of benzene rings is 1. The van der Waals surface area contributed by atoms with Crippen molar-refractivity contribution < 1.29 is 0 Å². The average molecular weight is 255 g/mol. The van der Waals surface area contributed by atoms with Crippen molar-refractivity contribution in [3.05, 3.63) is 41.9 Å². The molecule has 0 saturated carbocycles. The number of hydrogen-bond acceptors (Lipinski definition) is 2. The zero-order valence-corrected chi connectivity index (χ0v) is 11.6. The zero-order chi connectivity index (χ0) is 13.4. The Morgan fingerprint density at radius 1 is 1.32 bits per heavy atom. The largest absolute Gasteiger partial charge is 0.333 e. The fourth-order valence-electron chi connectivity index (χ4n) is 2.87. The molecule has 2 atom stereocenters. The maximum atomic E-state index is 6.19. The fourth-order valence-corrected chi connectivity index (χ4v) is 2.87. The molecule has 0 aliphatic carbocycles. The van der Waals surface area contributed by atoms with Gasteiger partial charge in [0.2, 0.25) is 0 Å². The molecule has 19 heavy (non-hydrogen) atoms. The van der Waals surface area contributed by atoms with Crippen LogP contribution in [0.1, 0.15) is 37.7 Å². The summed E-state index contributed by atoms with van der Waals surface area (Å²) in [6.45, 7) is 5.45. The van der Waals surface area contributed by atoms with Crippen LogP contribution in [0.15, 0.2) is 30.5 Å². The summed E-state index contributed by atoms with van der Waals surface area (Å²) < 4.78 is 2.22. The number of nitrogens with two attached hydrogens (primary N) is 1. The molecule has 1 aromatic carbocycles. The third-order valence-corrected chi connectivity index (χ3v) is 3.96. The van der Waals surface area contributed by atoms with E-state index in [9.17, 15) is 0 Å². The lowest BCUT2D eigenvalue weighted by atomic mass is 9.98. The molecule has 100 valence electrons. The van der Waals surface area contributed by atoms with E-state index in [1.165, 1.54) is 11.1 Å². The van der Waals surface area contributed by atoms with E-state index in [2.05, 4.69) is 48.9 Å². The van der Waals surface area contributed by atoms with Crippen LogP contribution in [-0.4, -0.2) is 9.55 Å². The summed E-state index contributed by atoms with van der Waals surface area (Å²) in [7, 11) is 0. The SMILES string of the molecule is CCc1ccc(-c2cn3c(n2)C(N)CC(C)C3)cc1. The van der Waals surface area contributed by atoms with Crippen LogP contribution >= 0.6 is 0 Å². The van der Waals surface area contributed by atoms with Crippen LogP contribution in [0, 0.1) is 5.92 Å². The zero-order valence-electron chi connectivity index (χ0n) is 11.6. The van der Waals surface area contributed by atoms with Crippen LogP contribution < -0.4 is 5.73 Å². The van der Waals surface area contributed by atoms with Gasteiger partial charge in [0.15, 0.2) is 0 Å². The molecule has 0 amide bonds. The van der Waals surface area contributed by atoms with Crippen molar-refractivity contribution in [2.45, 2.75) is 39.3 Å². The van der Waals surface area contributed by atoms with Crippen molar-refractivity contribution in [1.82, 2.24) is 9.55 Å². The lowest BCUT2D eigenvalue weighted by Gasteiger charge is -2.25. The van der Waals surface area contributed by atoms with Crippen LogP contribution in [0.3, 0.4) is 0 Å². The highest BCUT2D eigenvalue weighted by Gasteiger charge is 2.24. The van der Waals surface area contributed by atoms with Crippen LogP contribution in [0.5, 0.6) is 0 Å². The molecule has 2 heterocycles. The van der Waals surface area contributed by atoms with Crippen molar-refractivity contribution in [2.24, 2.45) is 11.7 Å². The number of hydrogen-bond donors (Lipinski definition) is 1. The van der Waals surface area contributed by atoms with Crippen molar-refractivity contribution in [2.75, 3.05) is 0 Å². The first kappa shape index (κ1) is 12.4. The van der Waals surface area contributed by atoms with E-state index in [4.69, 9.17) is 10.7 Å². The summed E-state index contributed by atoms with van der Waals surface area (Å²) in [5, 5.41) is 0. The van der Waals surface area contributed by atoms with E-state index in [1.807, 2.05) is 0 Å². The molecule has 0 bridgehead atoms. The molecule has 0 saturated heterocycles. The van der Waals surface area contributed by atoms with Gasteiger partial charge in [-0.3, -0.25) is 0 Å². The molecule has 3 heteroatoms. The molecular formula is C16H21N3. The van der Waals surface area contributed by atoms with Gasteiger partial charge in [-0.25, -0.2) is 4.98 Å². The number of rotatable bonds is 2. The predicted molar refractivity (Wildman–Crippen MR) is 77.8 cm³/mol. The van der Waals surface area contributed by atoms with E-state index >= 15 is 0 Å². The van der Waals surface area contributed by atoms with Crippen LogP contribution in [0.2, 0.25) is 0 Å². The van der Waals surface area contributed by atoms with Gasteiger partial charge in [-0.15, -0.1) is 0 Å². The standard InChI is InChI=1S/C16H21N3/c1-3-12-4-6-13(7-5-12)15-10-19-9-11(2)8-14(17)16(19)18-15/h4-7,10-11,14H,3,8-9,17H2,1-2H3. The highest BCUT2D eigenvalue weighted by Crippen LogP contribution is 2.29. The van der Waals surface area contributed by atoms with E-state index < -0.39 is 0 Å². The Morgan fingerprint density at radius 2 is 2.05 bits per heavy atom. The summed E-state index contributed by atoms with van der Waals surface area (Å²) in [5.74, 6) is 1.67. The van der Waals surface area contributed by atoms with Gasteiger partial charge < -0.3 is 10.3 Å². The Morgan fingerprint density at radius 3 is 2.74 bits per heavy atom. The molecule has 1 aliphatic rings. The number of imidazole rings is 1. The average Bonchev–Trinajstić information content (AvgIpc) is 2.83. The van der Waals surface area contributed by atoms with Crippen molar-refractivity contribution in [1.29, 1.82) is 0 Å². The van der Waals surface area contributed by atoms with Gasteiger partial charge in [0.1, 0.15) is 5.82 Å². The Labute approximate surface area is 114 Å². The first-order valence-electron chi connectivity index (χ1n) is 7.09. The van der Waals surface area contributed by atoms with E-state index in [0.29, 0.717) is 5.92 Å². The molecule has 2 unspecified atom stereocenters. The third-order valence-electron chi connectivity index (χ3n) is 3.96. The fraction of sp³-hybridized carbons (Fsp3) is 0.438. The molecule has 1 aromatic heterocycles. The van der Waals surface area contributed by atoms with Crippen molar-refractivity contribution >= 4 is 0 Å². The predicted octanol–water partition coefficient (Wildman–Crippen LogP) is 3.15. The number of fused-ring (bicyclic) bond motifs is 1. The van der Waals surface area contributed by atoms with E-state index in [0.717, 1.165) is 30.9 Å². The van der Waals surface area contributed by atoms with E-state index in [-0.39, 0.29) is 6.04 Å². The lowest BCUT2D eigenvalue weighted by molar-refractivity contribution is 0.346. The highest BCUT2D eigenvalue weighted by atomic mass is 15.1. The minimum absolute atomic E-state index is 0.0763. The molecule has 2 aromatic rings. The Hall–Kier alpha value is -1.61. The van der Waals surface area contributed by atoms with Gasteiger partial charge in [0.05, 0.1) is 11.7 Å². The minimum atomic E-state index is 0.0763. The molecule has 2 N–H and O–H groups in total. The van der Waals surface area contributed by atoms with Crippen molar-refractivity contribution in [3.8, 4) is 11.3 Å². The second kappa shape index (κ2) is 4.82. The lowest BCUT2D eigenvalue weighted by Crippen LogP contribution is -2.26. The Kier molecular flexibility index (Phi) is 3.15. The molecule has 3 nitrogen and oxygen atoms in total. The third kappa shape index (κ3) is 2.30. The molecule has 1 aliphatic heterocycles. The van der Waals surface area contributed by atoms with Crippen LogP contribution in [0.25, 0.3) is 11.3 Å². The van der Waals surface area contributed by atoms with Gasteiger partial charge in [-0.1, -0.05) is 38.1 Å². The second-order valence-electron chi connectivity index (χ2n) is 5.63. The summed E-state index contributed by atoms with van der Waals surface area (Å²) >= 11 is 0. The molecule has 0 fully saturated rings. The first-order chi connectivity index (χ1) is 9.17. The quantitative estimate of drug-likeness (QED) is 0.896. The van der Waals surface area contributed by atoms with Gasteiger partial charge in [0, 0.05) is 18.3 Å². The summed E-state index contributed by atoms with van der Waals surface area (Å²) in [6.07, 6.45) is 4.25. The second-order valence-corrected chi connectivity index (χ2v) is 5.63. The Bertz CT molecular complexity index is 568. The van der Waals surface area contributed by atoms with Gasteiger partial charge in [0.25, 0.3) is 0 Å². The summed E-state index contributed by atoms with van der Waals surface area (Å²) in [6, 6.07) is 8.74. The smallest absolute Gasteiger partial charge is 0.126 e. The number of nitrogens with zero attached hydrogens (tertiary/aromatic N) is 2. The van der Waals surface area contributed by atoms with Gasteiger partial charge in [-0.2, -0.15) is 0 Å². The van der Waals surface area contributed by atoms with Crippen LogP contribution in [-0.2, 0) is 13.0 Å². The van der Waals surface area contributed by atoms with Crippen molar-refractivity contribution in [3.63, 3.8) is 0 Å². The number of aromatic nitrogens is 2. The first-order valence-corrected chi connectivity index (χ1v) is 7.09. The molecule has 0 spiro atoms. The topological polar surface area (TPSA) is 43.8 Å². The minimum Gasteiger partial charge on any atom is -0.333 e. The molecule has 0 radical (unpaired) electrons. The van der Waals surface area contributed by atoms with E-state index in [1.54, 1.807) is 0 Å². The normalized spacial score (nSPS) is 22.3. The maximum absolute atomic E-state index is 6.19. The molecular weight excluding hydrogens is 234 g/mol. The van der Waals surface area contributed by atoms with Crippen LogP contribution in [0.4, 0.5) is 0 Å². The summed E-state index contributed by atoms with van der Waals surface area (Å²) in [4.78, 5) is 4.73. The monoisotopic (exact) mass is 255 g/mol. The van der Waals surface area contributed by atoms with Gasteiger partial charge in [-0.05, 0) is 24.3 Å². The number of aryl methyl sites for hydroxylation is 1. The Balaban J connectivity index is 1.95. The van der Waals surface area contributed by atoms with Gasteiger partial charge >= 0.3 is 0 Å². The summed E-state index contributed by atoms with van der Waals surface area (Å²) in [5.41, 5.74) is 9.77.